The minimum Gasteiger partial charge on any atom is -0.479 e. The minimum absolute atomic E-state index is 0.0660. The fourth-order valence-corrected chi connectivity index (χ4v) is 2.51. The van der Waals surface area contributed by atoms with E-state index < -0.39 is 11.5 Å². The second-order valence-corrected chi connectivity index (χ2v) is 7.67. The summed E-state index contributed by atoms with van der Waals surface area (Å²) in [7, 11) is 0. The lowest BCUT2D eigenvalue weighted by Crippen LogP contribution is -2.35. The number of aromatic nitrogens is 2. The third-order valence-corrected chi connectivity index (χ3v) is 4.29. The van der Waals surface area contributed by atoms with Gasteiger partial charge in [-0.15, -0.1) is 0 Å². The van der Waals surface area contributed by atoms with Gasteiger partial charge in [0, 0.05) is 23.9 Å². The van der Waals surface area contributed by atoms with Crippen LogP contribution in [0.2, 0.25) is 0 Å². The molecule has 0 bridgehead atoms. The summed E-state index contributed by atoms with van der Waals surface area (Å²) in [4.78, 5) is 35.7. The summed E-state index contributed by atoms with van der Waals surface area (Å²) in [5, 5.41) is 18.8. The molecule has 8 heteroatoms. The van der Waals surface area contributed by atoms with E-state index in [1.165, 1.54) is 30.9 Å². The molecule has 1 aromatic carbocycles. The van der Waals surface area contributed by atoms with Crippen molar-refractivity contribution in [1.82, 2.24) is 9.78 Å². The third kappa shape index (κ3) is 4.97. The molecule has 0 fully saturated rings. The highest BCUT2D eigenvalue weighted by molar-refractivity contribution is 6.04. The van der Waals surface area contributed by atoms with E-state index in [0.29, 0.717) is 23.4 Å². The molecule has 28 heavy (non-hydrogen) atoms. The number of nitrogens with zero attached hydrogens (tertiary/aromatic N) is 2. The number of carbonyl (C=O) groups is 3. The van der Waals surface area contributed by atoms with E-state index in [4.69, 9.17) is 0 Å². The van der Waals surface area contributed by atoms with Crippen molar-refractivity contribution in [3.8, 4) is 0 Å². The molecular weight excluding hydrogens is 360 g/mol. The summed E-state index contributed by atoms with van der Waals surface area (Å²) in [6, 6.07) is 5.00. The van der Waals surface area contributed by atoms with Crippen LogP contribution in [0.5, 0.6) is 0 Å². The van der Waals surface area contributed by atoms with Crippen LogP contribution in [-0.2, 0) is 15.1 Å². The van der Waals surface area contributed by atoms with Gasteiger partial charge in [0.25, 0.3) is 5.91 Å². The SMILES string of the molecule is Cc1cc(C(=O)Nc2cnn(C(C)(C)C(=O)O)c2)ccc1NC(=O)CC(C)C. The molecule has 8 nitrogen and oxygen atoms in total. The first kappa shape index (κ1) is 21.1. The van der Waals surface area contributed by atoms with Gasteiger partial charge in [0.05, 0.1) is 11.9 Å². The zero-order valence-electron chi connectivity index (χ0n) is 16.7. The molecule has 0 aliphatic carbocycles. The molecule has 1 aromatic heterocycles. The van der Waals surface area contributed by atoms with Gasteiger partial charge in [0.2, 0.25) is 5.91 Å². The number of aryl methyl sites for hydroxylation is 1. The maximum Gasteiger partial charge on any atom is 0.331 e. The molecular formula is C20H26N4O4. The van der Waals surface area contributed by atoms with E-state index in [2.05, 4.69) is 15.7 Å². The van der Waals surface area contributed by atoms with Crippen LogP contribution in [0.25, 0.3) is 0 Å². The average molecular weight is 386 g/mol. The summed E-state index contributed by atoms with van der Waals surface area (Å²) < 4.78 is 1.28. The third-order valence-electron chi connectivity index (χ3n) is 4.29. The van der Waals surface area contributed by atoms with Crippen molar-refractivity contribution in [3.63, 3.8) is 0 Å². The Balaban J connectivity index is 2.09. The van der Waals surface area contributed by atoms with Gasteiger partial charge in [-0.3, -0.25) is 14.3 Å². The monoisotopic (exact) mass is 386 g/mol. The molecule has 2 amide bonds. The van der Waals surface area contributed by atoms with Crippen LogP contribution in [-0.4, -0.2) is 32.7 Å². The topological polar surface area (TPSA) is 113 Å². The number of benzene rings is 1. The smallest absolute Gasteiger partial charge is 0.331 e. The Kier molecular flexibility index (Phi) is 6.23. The highest BCUT2D eigenvalue weighted by atomic mass is 16.4. The summed E-state index contributed by atoms with van der Waals surface area (Å²) >= 11 is 0. The predicted octanol–water partition coefficient (Wildman–Crippen LogP) is 3.25. The van der Waals surface area contributed by atoms with Crippen molar-refractivity contribution in [3.05, 3.63) is 41.7 Å². The number of rotatable bonds is 7. The van der Waals surface area contributed by atoms with Crippen LogP contribution in [0, 0.1) is 12.8 Å². The number of aliphatic carboxylic acids is 1. The zero-order valence-corrected chi connectivity index (χ0v) is 16.7. The summed E-state index contributed by atoms with van der Waals surface area (Å²) in [5.74, 6) is -1.18. The lowest BCUT2D eigenvalue weighted by molar-refractivity contribution is -0.146. The normalized spacial score (nSPS) is 11.4. The first-order valence-electron chi connectivity index (χ1n) is 9.01. The van der Waals surface area contributed by atoms with Gasteiger partial charge < -0.3 is 15.7 Å². The fourth-order valence-electron chi connectivity index (χ4n) is 2.51. The zero-order chi connectivity index (χ0) is 21.1. The minimum atomic E-state index is -1.23. The first-order chi connectivity index (χ1) is 13.0. The lowest BCUT2D eigenvalue weighted by atomic mass is 10.1. The first-order valence-corrected chi connectivity index (χ1v) is 9.01. The van der Waals surface area contributed by atoms with Gasteiger partial charge in [-0.25, -0.2) is 4.79 Å². The second kappa shape index (κ2) is 8.24. The Morgan fingerprint density at radius 1 is 1.21 bits per heavy atom. The van der Waals surface area contributed by atoms with E-state index in [1.807, 2.05) is 20.8 Å². The Bertz CT molecular complexity index is 899. The highest BCUT2D eigenvalue weighted by Gasteiger charge is 2.30. The van der Waals surface area contributed by atoms with Gasteiger partial charge in [-0.05, 0) is 50.5 Å². The number of amides is 2. The number of hydrogen-bond acceptors (Lipinski definition) is 4. The van der Waals surface area contributed by atoms with E-state index in [9.17, 15) is 19.5 Å². The molecule has 0 spiro atoms. The van der Waals surface area contributed by atoms with Crippen molar-refractivity contribution in [2.45, 2.75) is 46.6 Å². The van der Waals surface area contributed by atoms with Gasteiger partial charge in [0.15, 0.2) is 5.54 Å². The van der Waals surface area contributed by atoms with Crippen molar-refractivity contribution in [1.29, 1.82) is 0 Å². The average Bonchev–Trinajstić information content (AvgIpc) is 3.05. The van der Waals surface area contributed by atoms with Gasteiger partial charge in [0.1, 0.15) is 0 Å². The lowest BCUT2D eigenvalue weighted by Gasteiger charge is -2.19. The van der Waals surface area contributed by atoms with Crippen LogP contribution < -0.4 is 10.6 Å². The Morgan fingerprint density at radius 3 is 2.46 bits per heavy atom. The largest absolute Gasteiger partial charge is 0.479 e. The summed E-state index contributed by atoms with van der Waals surface area (Å²) in [5.41, 5.74) is 1.02. The summed E-state index contributed by atoms with van der Waals surface area (Å²) in [6.45, 7) is 8.79. The second-order valence-electron chi connectivity index (χ2n) is 7.67. The molecule has 2 aromatic rings. The van der Waals surface area contributed by atoms with Crippen LogP contribution in [0.1, 0.15) is 50.0 Å². The number of carboxylic acids is 1. The van der Waals surface area contributed by atoms with E-state index >= 15 is 0 Å². The molecule has 2 rings (SSSR count). The number of carbonyl (C=O) groups excluding carboxylic acids is 2. The molecule has 3 N–H and O–H groups in total. The Morgan fingerprint density at radius 2 is 1.89 bits per heavy atom. The van der Waals surface area contributed by atoms with Crippen LogP contribution in [0.4, 0.5) is 11.4 Å². The fraction of sp³-hybridized carbons (Fsp3) is 0.400. The molecule has 1 heterocycles. The van der Waals surface area contributed by atoms with Crippen molar-refractivity contribution < 1.29 is 19.5 Å². The van der Waals surface area contributed by atoms with Crippen molar-refractivity contribution in [2.75, 3.05) is 10.6 Å². The number of anilines is 2. The molecule has 0 atom stereocenters. The molecule has 0 radical (unpaired) electrons. The Labute approximate surface area is 163 Å². The standard InChI is InChI=1S/C20H26N4O4/c1-12(2)8-17(25)23-16-7-6-14(9-13(16)3)18(26)22-15-10-21-24(11-15)20(4,5)19(27)28/h6-7,9-12H,8H2,1-5H3,(H,22,26)(H,23,25)(H,27,28). The molecule has 0 saturated carbocycles. The number of nitrogens with one attached hydrogen (secondary N) is 2. The maximum atomic E-state index is 12.5. The molecule has 0 aliphatic rings. The van der Waals surface area contributed by atoms with Crippen molar-refractivity contribution in [2.24, 2.45) is 5.92 Å². The highest BCUT2D eigenvalue weighted by Crippen LogP contribution is 2.20. The van der Waals surface area contributed by atoms with E-state index in [0.717, 1.165) is 5.56 Å². The van der Waals surface area contributed by atoms with E-state index in [1.54, 1.807) is 18.2 Å². The van der Waals surface area contributed by atoms with Gasteiger partial charge in [-0.1, -0.05) is 13.8 Å². The molecule has 0 aliphatic heterocycles. The maximum absolute atomic E-state index is 12.5. The Hall–Kier alpha value is -3.16. The number of hydrogen-bond donors (Lipinski definition) is 3. The van der Waals surface area contributed by atoms with E-state index in [-0.39, 0.29) is 17.7 Å². The quantitative estimate of drug-likeness (QED) is 0.676. The van der Waals surface area contributed by atoms with Gasteiger partial charge >= 0.3 is 5.97 Å². The molecule has 150 valence electrons. The molecule has 0 saturated heterocycles. The van der Waals surface area contributed by atoms with Crippen LogP contribution in [0.3, 0.4) is 0 Å². The van der Waals surface area contributed by atoms with Crippen LogP contribution >= 0.6 is 0 Å². The molecule has 0 unspecified atom stereocenters. The number of carboxylic acid groups (broad SMARTS) is 1. The van der Waals surface area contributed by atoms with Crippen LogP contribution in [0.15, 0.2) is 30.6 Å². The van der Waals surface area contributed by atoms with Gasteiger partial charge in [-0.2, -0.15) is 5.10 Å². The van der Waals surface area contributed by atoms with Crippen molar-refractivity contribution >= 4 is 29.2 Å². The predicted molar refractivity (Wildman–Crippen MR) is 106 cm³/mol. The summed E-state index contributed by atoms with van der Waals surface area (Å²) in [6.07, 6.45) is 3.30.